The first-order valence-electron chi connectivity index (χ1n) is 9.69. The molecule has 150 valence electrons. The molecule has 30 heavy (non-hydrogen) atoms. The molecule has 3 heterocycles. The average Bonchev–Trinajstić information content (AvgIpc) is 3.42. The molecule has 1 amide bonds. The quantitative estimate of drug-likeness (QED) is 0.473. The van der Waals surface area contributed by atoms with Crippen LogP contribution in [0.15, 0.2) is 71.5 Å². The molecule has 1 aliphatic rings. The van der Waals surface area contributed by atoms with E-state index in [1.165, 1.54) is 0 Å². The molecule has 1 fully saturated rings. The van der Waals surface area contributed by atoms with Crippen LogP contribution in [-0.2, 0) is 0 Å². The molecule has 2 aromatic carbocycles. The minimum Gasteiger partial charge on any atom is -0.487 e. The summed E-state index contributed by atoms with van der Waals surface area (Å²) in [5.41, 5.74) is 2.25. The number of carbonyl (C=O) groups is 1. The molecule has 0 N–H and O–H groups in total. The van der Waals surface area contributed by atoms with E-state index < -0.39 is 0 Å². The van der Waals surface area contributed by atoms with Gasteiger partial charge in [0.05, 0.1) is 11.9 Å². The number of carbonyl (C=O) groups excluding carboxylic acids is 1. The maximum Gasteiger partial charge on any atom is 0.254 e. The molecule has 1 saturated heterocycles. The number of fused-ring (bicyclic) bond motifs is 1. The zero-order valence-electron chi connectivity index (χ0n) is 16.0. The third-order valence-corrected chi connectivity index (χ3v) is 5.50. The van der Waals surface area contributed by atoms with Gasteiger partial charge in [0.2, 0.25) is 0 Å². The van der Waals surface area contributed by atoms with Crippen molar-refractivity contribution in [2.75, 3.05) is 13.1 Å². The fraction of sp³-hybridized carbons (Fsp3) is 0.174. The van der Waals surface area contributed by atoms with Crippen molar-refractivity contribution in [2.45, 2.75) is 12.5 Å². The van der Waals surface area contributed by atoms with E-state index >= 15 is 0 Å². The van der Waals surface area contributed by atoms with Gasteiger partial charge in [0.25, 0.3) is 5.91 Å². The Morgan fingerprint density at radius 1 is 1.17 bits per heavy atom. The predicted octanol–water partition coefficient (Wildman–Crippen LogP) is 4.84. The molecule has 6 nitrogen and oxygen atoms in total. The Balaban J connectivity index is 1.36. The highest BCUT2D eigenvalue weighted by atomic mass is 35.5. The maximum absolute atomic E-state index is 13.1. The van der Waals surface area contributed by atoms with E-state index in [0.29, 0.717) is 35.2 Å². The summed E-state index contributed by atoms with van der Waals surface area (Å²) in [4.78, 5) is 18.9. The Morgan fingerprint density at radius 2 is 2.03 bits per heavy atom. The van der Waals surface area contributed by atoms with Crippen LogP contribution in [0.4, 0.5) is 0 Å². The topological polar surface area (TPSA) is 68.5 Å². The monoisotopic (exact) mass is 419 g/mol. The average molecular weight is 420 g/mol. The first-order chi connectivity index (χ1) is 14.7. The second-order valence-corrected chi connectivity index (χ2v) is 7.60. The van der Waals surface area contributed by atoms with Gasteiger partial charge in [0.15, 0.2) is 5.76 Å². The Morgan fingerprint density at radius 3 is 2.87 bits per heavy atom. The van der Waals surface area contributed by atoms with Crippen molar-refractivity contribution >= 4 is 28.4 Å². The van der Waals surface area contributed by atoms with Crippen LogP contribution in [0.5, 0.6) is 5.75 Å². The van der Waals surface area contributed by atoms with Crippen molar-refractivity contribution < 1.29 is 14.1 Å². The highest BCUT2D eigenvalue weighted by Gasteiger charge is 2.29. The summed E-state index contributed by atoms with van der Waals surface area (Å²) in [6, 6.07) is 16.9. The van der Waals surface area contributed by atoms with Crippen LogP contribution in [0.1, 0.15) is 16.8 Å². The Bertz CT molecular complexity index is 1210. The van der Waals surface area contributed by atoms with Gasteiger partial charge in [-0.05, 0) is 18.2 Å². The van der Waals surface area contributed by atoms with Gasteiger partial charge in [-0.2, -0.15) is 0 Å². The number of likely N-dealkylation sites (tertiary alicyclic amines) is 1. The van der Waals surface area contributed by atoms with Gasteiger partial charge in [-0.3, -0.25) is 9.78 Å². The number of nitrogens with zero attached hydrogens (tertiary/aromatic N) is 3. The lowest BCUT2D eigenvalue weighted by Gasteiger charge is -2.17. The van der Waals surface area contributed by atoms with Crippen LogP contribution in [0.3, 0.4) is 0 Å². The number of hydrogen-bond donors (Lipinski definition) is 0. The number of ether oxygens (including phenoxy) is 1. The maximum atomic E-state index is 13.1. The normalized spacial score (nSPS) is 16.2. The summed E-state index contributed by atoms with van der Waals surface area (Å²) in [6.07, 6.45) is 3.83. The SMILES string of the molecule is O=C(c1ccc2noc(-c3ccccc3)c2c1)N1CC[C@H](Oc2ccncc2Cl)C1. The zero-order valence-corrected chi connectivity index (χ0v) is 16.7. The molecule has 0 aliphatic carbocycles. The molecule has 0 radical (unpaired) electrons. The van der Waals surface area contributed by atoms with Gasteiger partial charge in [-0.1, -0.05) is 47.1 Å². The fourth-order valence-corrected chi connectivity index (χ4v) is 3.87. The lowest BCUT2D eigenvalue weighted by Crippen LogP contribution is -2.30. The van der Waals surface area contributed by atoms with Gasteiger partial charge < -0.3 is 14.2 Å². The smallest absolute Gasteiger partial charge is 0.254 e. The van der Waals surface area contributed by atoms with Gasteiger partial charge >= 0.3 is 0 Å². The first-order valence-corrected chi connectivity index (χ1v) is 10.1. The number of rotatable bonds is 4. The van der Waals surface area contributed by atoms with Crippen molar-refractivity contribution in [3.05, 3.63) is 77.6 Å². The highest BCUT2D eigenvalue weighted by molar-refractivity contribution is 6.31. The van der Waals surface area contributed by atoms with Crippen molar-refractivity contribution in [3.63, 3.8) is 0 Å². The second-order valence-electron chi connectivity index (χ2n) is 7.20. The van der Waals surface area contributed by atoms with Crippen molar-refractivity contribution in [3.8, 4) is 17.1 Å². The van der Waals surface area contributed by atoms with Crippen molar-refractivity contribution in [1.29, 1.82) is 0 Å². The van der Waals surface area contributed by atoms with Crippen LogP contribution in [-0.4, -0.2) is 40.1 Å². The molecule has 1 aliphatic heterocycles. The molecule has 1 atom stereocenters. The van der Waals surface area contributed by atoms with E-state index in [1.807, 2.05) is 42.5 Å². The summed E-state index contributed by atoms with van der Waals surface area (Å²) in [5, 5.41) is 5.41. The predicted molar refractivity (Wildman–Crippen MR) is 114 cm³/mol. The Kier molecular flexibility index (Phi) is 4.85. The second kappa shape index (κ2) is 7.80. The minimum atomic E-state index is -0.104. The number of pyridine rings is 1. The molecule has 4 aromatic rings. The molecule has 0 unspecified atom stereocenters. The zero-order chi connectivity index (χ0) is 20.5. The molecule has 0 saturated carbocycles. The summed E-state index contributed by atoms with van der Waals surface area (Å²) in [5.74, 6) is 1.21. The number of benzene rings is 2. The lowest BCUT2D eigenvalue weighted by molar-refractivity contribution is 0.0772. The minimum absolute atomic E-state index is 0.0379. The first kappa shape index (κ1) is 18.6. The third kappa shape index (κ3) is 3.50. The van der Waals surface area contributed by atoms with E-state index in [4.69, 9.17) is 20.9 Å². The molecule has 5 rings (SSSR count). The summed E-state index contributed by atoms with van der Waals surface area (Å²) in [7, 11) is 0. The molecule has 0 spiro atoms. The van der Waals surface area contributed by atoms with E-state index in [2.05, 4.69) is 10.1 Å². The van der Waals surface area contributed by atoms with Gasteiger partial charge in [-0.15, -0.1) is 0 Å². The van der Waals surface area contributed by atoms with Crippen molar-refractivity contribution in [2.24, 2.45) is 0 Å². The molecular weight excluding hydrogens is 402 g/mol. The van der Waals surface area contributed by atoms with Crippen LogP contribution < -0.4 is 4.74 Å². The van der Waals surface area contributed by atoms with Gasteiger partial charge in [-0.25, -0.2) is 0 Å². The Labute approximate surface area is 178 Å². The fourth-order valence-electron chi connectivity index (χ4n) is 3.70. The summed E-state index contributed by atoms with van der Waals surface area (Å²) < 4.78 is 11.5. The van der Waals surface area contributed by atoms with E-state index in [0.717, 1.165) is 22.9 Å². The summed E-state index contributed by atoms with van der Waals surface area (Å²) >= 11 is 6.12. The molecule has 7 heteroatoms. The van der Waals surface area contributed by atoms with Crippen LogP contribution in [0.25, 0.3) is 22.2 Å². The molecular formula is C23H18ClN3O3. The number of hydrogen-bond acceptors (Lipinski definition) is 5. The summed E-state index contributed by atoms with van der Waals surface area (Å²) in [6.45, 7) is 1.13. The van der Waals surface area contributed by atoms with Gasteiger partial charge in [0, 0.05) is 42.6 Å². The molecule has 0 bridgehead atoms. The molecule has 2 aromatic heterocycles. The largest absolute Gasteiger partial charge is 0.487 e. The highest BCUT2D eigenvalue weighted by Crippen LogP contribution is 2.30. The number of halogens is 1. The van der Waals surface area contributed by atoms with E-state index in [9.17, 15) is 4.79 Å². The third-order valence-electron chi connectivity index (χ3n) is 5.22. The standard InChI is InChI=1S/C23H18ClN3O3/c24-19-13-25-10-8-21(19)29-17-9-11-27(14-17)23(28)16-6-7-20-18(12-16)22(30-26-20)15-4-2-1-3-5-15/h1-8,10,12-13,17H,9,11,14H2/t17-/m0/s1. The Hall–Kier alpha value is -3.38. The van der Waals surface area contributed by atoms with E-state index in [-0.39, 0.29) is 12.0 Å². The van der Waals surface area contributed by atoms with E-state index in [1.54, 1.807) is 29.4 Å². The van der Waals surface area contributed by atoms with Crippen molar-refractivity contribution in [1.82, 2.24) is 15.0 Å². The van der Waals surface area contributed by atoms with Crippen LogP contribution >= 0.6 is 11.6 Å². The lowest BCUT2D eigenvalue weighted by atomic mass is 10.1. The number of aromatic nitrogens is 2. The van der Waals surface area contributed by atoms with Gasteiger partial charge in [0.1, 0.15) is 22.4 Å². The van der Waals surface area contributed by atoms with Crippen LogP contribution in [0, 0.1) is 0 Å². The van der Waals surface area contributed by atoms with Crippen LogP contribution in [0.2, 0.25) is 5.02 Å². The number of amides is 1.